The standard InChI is InChI=1S/C20H19BrN2O2/c1-11-10-17(23(24)25)20-18(12(11)2)13-7-5-8-14(13)19(22-20)15-6-3-4-9-16(15)21/h3-7,9-10,13-14,19,22H,8H2,1-2H3/t13-,14-,19+/m1/s1. The summed E-state index contributed by atoms with van der Waals surface area (Å²) in [7, 11) is 0. The van der Waals surface area contributed by atoms with Gasteiger partial charge in [-0.2, -0.15) is 0 Å². The molecule has 4 rings (SSSR count). The Morgan fingerprint density at radius 3 is 2.76 bits per heavy atom. The molecule has 0 fully saturated rings. The van der Waals surface area contributed by atoms with Gasteiger partial charge in [0.25, 0.3) is 5.69 Å². The lowest BCUT2D eigenvalue weighted by atomic mass is 9.74. The van der Waals surface area contributed by atoms with E-state index in [-0.39, 0.29) is 22.6 Å². The summed E-state index contributed by atoms with van der Waals surface area (Å²) in [6, 6.07) is 9.86. The van der Waals surface area contributed by atoms with E-state index < -0.39 is 0 Å². The molecule has 0 aromatic heterocycles. The Balaban J connectivity index is 1.94. The fraction of sp³-hybridized carbons (Fsp3) is 0.300. The summed E-state index contributed by atoms with van der Waals surface area (Å²) in [5.41, 5.74) is 5.23. The zero-order valence-electron chi connectivity index (χ0n) is 14.1. The lowest BCUT2D eigenvalue weighted by Gasteiger charge is -2.38. The Kier molecular flexibility index (Phi) is 3.91. The van der Waals surface area contributed by atoms with Gasteiger partial charge >= 0.3 is 0 Å². The number of aryl methyl sites for hydroxylation is 1. The zero-order chi connectivity index (χ0) is 17.7. The SMILES string of the molecule is Cc1cc([N+](=O)[O-])c2c(c1C)[C@@H]1C=CC[C@H]1[C@@H](c1ccccc1Br)N2. The first-order valence-corrected chi connectivity index (χ1v) is 9.24. The van der Waals surface area contributed by atoms with Crippen LogP contribution in [0.15, 0.2) is 47.0 Å². The number of anilines is 1. The second-order valence-corrected chi connectivity index (χ2v) is 7.73. The molecular formula is C20H19BrN2O2. The van der Waals surface area contributed by atoms with Gasteiger partial charge in [-0.25, -0.2) is 0 Å². The first-order valence-electron chi connectivity index (χ1n) is 8.45. The van der Waals surface area contributed by atoms with Gasteiger partial charge in [-0.3, -0.25) is 10.1 Å². The summed E-state index contributed by atoms with van der Waals surface area (Å²) in [4.78, 5) is 11.4. The van der Waals surface area contributed by atoms with Gasteiger partial charge in [0.1, 0.15) is 5.69 Å². The van der Waals surface area contributed by atoms with Crippen molar-refractivity contribution in [2.24, 2.45) is 5.92 Å². The number of hydrogen-bond donors (Lipinski definition) is 1. The fourth-order valence-electron chi connectivity index (χ4n) is 4.26. The van der Waals surface area contributed by atoms with Crippen molar-refractivity contribution in [2.75, 3.05) is 5.32 Å². The summed E-state index contributed by atoms with van der Waals surface area (Å²) >= 11 is 3.65. The van der Waals surface area contributed by atoms with Gasteiger partial charge in [0.2, 0.25) is 0 Å². The van der Waals surface area contributed by atoms with Gasteiger partial charge in [0, 0.05) is 16.5 Å². The van der Waals surface area contributed by atoms with Crippen molar-refractivity contribution in [3.8, 4) is 0 Å². The van der Waals surface area contributed by atoms with Crippen LogP contribution in [0.4, 0.5) is 11.4 Å². The number of nitrogens with zero attached hydrogens (tertiary/aromatic N) is 1. The average Bonchev–Trinajstić information content (AvgIpc) is 3.07. The number of benzene rings is 2. The minimum absolute atomic E-state index is 0.0453. The molecule has 0 unspecified atom stereocenters. The van der Waals surface area contributed by atoms with Crippen molar-refractivity contribution in [2.45, 2.75) is 32.2 Å². The normalized spacial score (nSPS) is 23.7. The van der Waals surface area contributed by atoms with Crippen LogP contribution in [0.1, 0.15) is 40.6 Å². The largest absolute Gasteiger partial charge is 0.372 e. The molecule has 0 amide bonds. The molecule has 1 N–H and O–H groups in total. The van der Waals surface area contributed by atoms with Crippen molar-refractivity contribution in [1.29, 1.82) is 0 Å². The third kappa shape index (κ3) is 2.49. The fourth-order valence-corrected chi connectivity index (χ4v) is 4.79. The van der Waals surface area contributed by atoms with Gasteiger partial charge in [-0.15, -0.1) is 0 Å². The molecule has 2 aromatic rings. The van der Waals surface area contributed by atoms with E-state index in [4.69, 9.17) is 0 Å². The summed E-state index contributed by atoms with van der Waals surface area (Å²) in [6.45, 7) is 4.03. The third-order valence-electron chi connectivity index (χ3n) is 5.59. The van der Waals surface area contributed by atoms with Gasteiger partial charge in [0.15, 0.2) is 0 Å². The van der Waals surface area contributed by atoms with E-state index in [1.54, 1.807) is 6.07 Å². The molecule has 5 heteroatoms. The lowest BCUT2D eigenvalue weighted by molar-refractivity contribution is -0.384. The number of nitro groups is 1. The highest BCUT2D eigenvalue weighted by molar-refractivity contribution is 9.10. The second-order valence-electron chi connectivity index (χ2n) is 6.88. The predicted octanol–water partition coefficient (Wildman–Crippen LogP) is 5.80. The quantitative estimate of drug-likeness (QED) is 0.395. The molecule has 1 aliphatic carbocycles. The van der Waals surface area contributed by atoms with Crippen LogP contribution in [0, 0.1) is 29.9 Å². The van der Waals surface area contributed by atoms with Crippen LogP contribution in [0.3, 0.4) is 0 Å². The molecule has 1 heterocycles. The van der Waals surface area contributed by atoms with Crippen molar-refractivity contribution in [3.63, 3.8) is 0 Å². The zero-order valence-corrected chi connectivity index (χ0v) is 15.7. The Bertz CT molecular complexity index is 907. The number of fused-ring (bicyclic) bond motifs is 3. The van der Waals surface area contributed by atoms with Crippen LogP contribution in [0.2, 0.25) is 0 Å². The number of nitro benzene ring substituents is 1. The highest BCUT2D eigenvalue weighted by Crippen LogP contribution is 2.54. The molecule has 2 aliphatic rings. The van der Waals surface area contributed by atoms with Crippen molar-refractivity contribution < 1.29 is 4.92 Å². The van der Waals surface area contributed by atoms with Crippen LogP contribution in [0.5, 0.6) is 0 Å². The lowest BCUT2D eigenvalue weighted by Crippen LogP contribution is -2.30. The van der Waals surface area contributed by atoms with Crippen molar-refractivity contribution in [3.05, 3.63) is 79.3 Å². The first kappa shape index (κ1) is 16.3. The molecule has 4 nitrogen and oxygen atoms in total. The Morgan fingerprint density at radius 2 is 2.04 bits per heavy atom. The predicted molar refractivity (Wildman–Crippen MR) is 103 cm³/mol. The molecule has 0 bridgehead atoms. The molecule has 25 heavy (non-hydrogen) atoms. The Hall–Kier alpha value is -2.14. The van der Waals surface area contributed by atoms with E-state index in [1.165, 1.54) is 0 Å². The summed E-state index contributed by atoms with van der Waals surface area (Å²) in [6.07, 6.45) is 5.41. The van der Waals surface area contributed by atoms with Crippen LogP contribution in [-0.4, -0.2) is 4.92 Å². The molecule has 0 saturated heterocycles. The number of nitrogens with one attached hydrogen (secondary N) is 1. The minimum Gasteiger partial charge on any atom is -0.372 e. The highest BCUT2D eigenvalue weighted by Gasteiger charge is 2.42. The monoisotopic (exact) mass is 398 g/mol. The average molecular weight is 399 g/mol. The number of hydrogen-bond acceptors (Lipinski definition) is 3. The number of rotatable bonds is 2. The van der Waals surface area contributed by atoms with Gasteiger partial charge < -0.3 is 5.32 Å². The van der Waals surface area contributed by atoms with Crippen LogP contribution in [-0.2, 0) is 0 Å². The maximum atomic E-state index is 11.7. The third-order valence-corrected chi connectivity index (χ3v) is 6.31. The van der Waals surface area contributed by atoms with E-state index >= 15 is 0 Å². The maximum absolute atomic E-state index is 11.7. The van der Waals surface area contributed by atoms with Gasteiger partial charge in [-0.1, -0.05) is 46.3 Å². The van der Waals surface area contributed by atoms with E-state index in [2.05, 4.69) is 46.4 Å². The Labute approximate surface area is 155 Å². The van der Waals surface area contributed by atoms with Crippen LogP contribution < -0.4 is 5.32 Å². The van der Waals surface area contributed by atoms with E-state index in [0.29, 0.717) is 11.6 Å². The van der Waals surface area contributed by atoms with Crippen molar-refractivity contribution >= 4 is 27.3 Å². The molecule has 0 radical (unpaired) electrons. The number of halogens is 1. The summed E-state index contributed by atoms with van der Waals surface area (Å²) in [5.74, 6) is 0.582. The number of allylic oxidation sites excluding steroid dienone is 2. The Morgan fingerprint density at radius 1 is 1.28 bits per heavy atom. The van der Waals surface area contributed by atoms with Crippen LogP contribution in [0.25, 0.3) is 0 Å². The summed E-state index contributed by atoms with van der Waals surface area (Å²) in [5, 5.41) is 15.2. The highest BCUT2D eigenvalue weighted by atomic mass is 79.9. The molecule has 128 valence electrons. The molecule has 3 atom stereocenters. The van der Waals surface area contributed by atoms with Gasteiger partial charge in [-0.05, 0) is 54.5 Å². The first-order chi connectivity index (χ1) is 12.0. The van der Waals surface area contributed by atoms with Crippen LogP contribution >= 0.6 is 15.9 Å². The molecule has 0 spiro atoms. The van der Waals surface area contributed by atoms with Crippen molar-refractivity contribution in [1.82, 2.24) is 0 Å². The van der Waals surface area contributed by atoms with Gasteiger partial charge in [0.05, 0.1) is 11.0 Å². The van der Waals surface area contributed by atoms with E-state index in [1.807, 2.05) is 25.1 Å². The summed E-state index contributed by atoms with van der Waals surface area (Å²) < 4.78 is 1.04. The smallest absolute Gasteiger partial charge is 0.292 e. The molecule has 0 saturated carbocycles. The maximum Gasteiger partial charge on any atom is 0.292 e. The van der Waals surface area contributed by atoms with E-state index in [9.17, 15) is 10.1 Å². The molecule has 2 aromatic carbocycles. The van der Waals surface area contributed by atoms with E-state index in [0.717, 1.165) is 33.1 Å². The minimum atomic E-state index is -0.269. The molecule has 1 aliphatic heterocycles. The topological polar surface area (TPSA) is 55.2 Å². The second kappa shape index (κ2) is 5.99. The molecular weight excluding hydrogens is 380 g/mol.